The molecule has 1 aromatic heterocycles. The summed E-state index contributed by atoms with van der Waals surface area (Å²) in [5.74, 6) is -1.17. The van der Waals surface area contributed by atoms with Crippen LogP contribution in [0, 0.1) is 0 Å². The molecular weight excluding hydrogens is 458 g/mol. The quantitative estimate of drug-likeness (QED) is 0.380. The van der Waals surface area contributed by atoms with Crippen molar-refractivity contribution in [2.24, 2.45) is 0 Å². The Morgan fingerprint density at radius 1 is 1.00 bits per heavy atom. The van der Waals surface area contributed by atoms with Gasteiger partial charge in [0.05, 0.1) is 12.8 Å². The first-order chi connectivity index (χ1) is 16.4. The van der Waals surface area contributed by atoms with Crippen molar-refractivity contribution in [1.29, 1.82) is 0 Å². The molecule has 1 aliphatic carbocycles. The molecule has 0 radical (unpaired) electrons. The monoisotopic (exact) mass is 483 g/mol. The fourth-order valence-corrected chi connectivity index (χ4v) is 5.30. The first-order valence-corrected chi connectivity index (χ1v) is 12.3. The highest BCUT2D eigenvalue weighted by Gasteiger charge is 2.26. The number of benzene rings is 2. The van der Waals surface area contributed by atoms with E-state index in [4.69, 9.17) is 4.74 Å². The summed E-state index contributed by atoms with van der Waals surface area (Å²) in [6, 6.07) is 14.8. The number of hydrogen-bond donors (Lipinski definition) is 4. The third-order valence-corrected chi connectivity index (χ3v) is 7.12. The maximum absolute atomic E-state index is 12.9. The zero-order chi connectivity index (χ0) is 24.1. The lowest BCUT2D eigenvalue weighted by molar-refractivity contribution is 0.0843. The van der Waals surface area contributed by atoms with Crippen LogP contribution in [0.25, 0.3) is 11.3 Å². The molecule has 2 amide bonds. The lowest BCUT2D eigenvalue weighted by atomic mass is 10.1. The number of aromatic nitrogens is 2. The Balaban J connectivity index is 1.44. The Hall–Kier alpha value is -3.70. The van der Waals surface area contributed by atoms with Crippen LogP contribution in [0.15, 0.2) is 59.5 Å². The van der Waals surface area contributed by atoms with Gasteiger partial charge in [-0.05, 0) is 37.1 Å². The molecule has 11 heteroatoms. The minimum absolute atomic E-state index is 0.0440. The van der Waals surface area contributed by atoms with Crippen LogP contribution < -0.4 is 20.3 Å². The number of sulfonamides is 1. The normalized spacial score (nSPS) is 14.0. The minimum atomic E-state index is -3.90. The van der Waals surface area contributed by atoms with E-state index in [-0.39, 0.29) is 27.9 Å². The predicted molar refractivity (Wildman–Crippen MR) is 125 cm³/mol. The molecule has 4 rings (SSSR count). The van der Waals surface area contributed by atoms with Gasteiger partial charge in [0.2, 0.25) is 10.0 Å². The van der Waals surface area contributed by atoms with Crippen molar-refractivity contribution >= 4 is 21.8 Å². The first-order valence-electron chi connectivity index (χ1n) is 10.8. The van der Waals surface area contributed by atoms with E-state index in [2.05, 4.69) is 25.8 Å². The zero-order valence-electron chi connectivity index (χ0n) is 18.5. The number of rotatable bonds is 7. The third-order valence-electron chi connectivity index (χ3n) is 5.57. The molecule has 1 aliphatic rings. The van der Waals surface area contributed by atoms with Gasteiger partial charge in [0.25, 0.3) is 11.8 Å². The number of carbonyl (C=O) groups is 2. The van der Waals surface area contributed by atoms with Gasteiger partial charge in [-0.25, -0.2) is 13.1 Å². The van der Waals surface area contributed by atoms with E-state index in [1.54, 1.807) is 6.07 Å². The number of hydrogen-bond acceptors (Lipinski definition) is 6. The fraction of sp³-hybridized carbons (Fsp3) is 0.261. The number of methoxy groups -OCH3 is 1. The zero-order valence-corrected chi connectivity index (χ0v) is 19.3. The second-order valence-corrected chi connectivity index (χ2v) is 9.59. The fourth-order valence-electron chi connectivity index (χ4n) is 3.80. The highest BCUT2D eigenvalue weighted by molar-refractivity contribution is 7.89. The molecular formula is C23H25N5O5S. The molecule has 0 saturated heterocycles. The Kier molecular flexibility index (Phi) is 6.94. The van der Waals surface area contributed by atoms with E-state index < -0.39 is 21.8 Å². The second-order valence-electron chi connectivity index (χ2n) is 7.91. The van der Waals surface area contributed by atoms with Gasteiger partial charge >= 0.3 is 0 Å². The van der Waals surface area contributed by atoms with Crippen molar-refractivity contribution in [3.8, 4) is 17.0 Å². The number of carbonyl (C=O) groups excluding carboxylic acids is 2. The summed E-state index contributed by atoms with van der Waals surface area (Å²) >= 11 is 0. The third kappa shape index (κ3) is 5.26. The highest BCUT2D eigenvalue weighted by atomic mass is 32.2. The van der Waals surface area contributed by atoms with E-state index in [9.17, 15) is 18.0 Å². The van der Waals surface area contributed by atoms with Crippen molar-refractivity contribution < 1.29 is 22.7 Å². The Morgan fingerprint density at radius 3 is 2.41 bits per heavy atom. The van der Waals surface area contributed by atoms with E-state index >= 15 is 0 Å². The van der Waals surface area contributed by atoms with Gasteiger partial charge < -0.3 is 4.74 Å². The Bertz CT molecular complexity index is 1280. The maximum atomic E-state index is 12.9. The molecule has 34 heavy (non-hydrogen) atoms. The van der Waals surface area contributed by atoms with Crippen LogP contribution in [0.4, 0.5) is 0 Å². The number of H-pyrrole nitrogens is 1. The van der Waals surface area contributed by atoms with Crippen molar-refractivity contribution in [3.63, 3.8) is 0 Å². The van der Waals surface area contributed by atoms with Crippen LogP contribution in [0.3, 0.4) is 0 Å². The second kappa shape index (κ2) is 10.1. The summed E-state index contributed by atoms with van der Waals surface area (Å²) in [4.78, 5) is 24.9. The summed E-state index contributed by atoms with van der Waals surface area (Å²) < 4.78 is 33.7. The molecule has 0 bridgehead atoms. The summed E-state index contributed by atoms with van der Waals surface area (Å²) in [6.45, 7) is 0. The summed E-state index contributed by atoms with van der Waals surface area (Å²) in [5.41, 5.74) is 6.20. The van der Waals surface area contributed by atoms with Gasteiger partial charge in [-0.1, -0.05) is 43.2 Å². The summed E-state index contributed by atoms with van der Waals surface area (Å²) in [6.07, 6.45) is 3.48. The average molecular weight is 484 g/mol. The van der Waals surface area contributed by atoms with Crippen molar-refractivity contribution in [1.82, 2.24) is 25.8 Å². The molecule has 178 valence electrons. The molecule has 1 saturated carbocycles. The number of ether oxygens (including phenoxy) is 1. The molecule has 0 unspecified atom stereocenters. The van der Waals surface area contributed by atoms with Gasteiger partial charge in [-0.3, -0.25) is 25.5 Å². The Labute approximate surface area is 197 Å². The van der Waals surface area contributed by atoms with E-state index in [1.165, 1.54) is 25.3 Å². The van der Waals surface area contributed by atoms with Crippen molar-refractivity contribution in [3.05, 3.63) is 65.9 Å². The van der Waals surface area contributed by atoms with Crippen molar-refractivity contribution in [2.75, 3.05) is 7.11 Å². The molecule has 0 aliphatic heterocycles. The van der Waals surface area contributed by atoms with E-state index in [1.807, 2.05) is 30.3 Å². The van der Waals surface area contributed by atoms with Crippen molar-refractivity contribution in [2.45, 2.75) is 36.6 Å². The SMILES string of the molecule is COc1ccc(C(=O)NNC(=O)c2cc(-c3ccccc3)n[nH]2)cc1S(=O)(=O)NC1CCCC1. The van der Waals surface area contributed by atoms with Gasteiger partial charge in [0, 0.05) is 17.2 Å². The topological polar surface area (TPSA) is 142 Å². The summed E-state index contributed by atoms with van der Waals surface area (Å²) in [5, 5.41) is 6.73. The summed E-state index contributed by atoms with van der Waals surface area (Å²) in [7, 11) is -2.54. The van der Waals surface area contributed by atoms with Crippen LogP contribution in [-0.2, 0) is 10.0 Å². The lowest BCUT2D eigenvalue weighted by Gasteiger charge is -2.16. The molecule has 10 nitrogen and oxygen atoms in total. The first kappa shape index (κ1) is 23.5. The highest BCUT2D eigenvalue weighted by Crippen LogP contribution is 2.27. The minimum Gasteiger partial charge on any atom is -0.495 e. The lowest BCUT2D eigenvalue weighted by Crippen LogP contribution is -2.42. The maximum Gasteiger partial charge on any atom is 0.287 e. The number of nitrogens with one attached hydrogen (secondary N) is 4. The molecule has 0 spiro atoms. The Morgan fingerprint density at radius 2 is 1.71 bits per heavy atom. The smallest absolute Gasteiger partial charge is 0.287 e. The average Bonchev–Trinajstić information content (AvgIpc) is 3.55. The molecule has 0 atom stereocenters. The van der Waals surface area contributed by atoms with Crippen LogP contribution >= 0.6 is 0 Å². The van der Waals surface area contributed by atoms with E-state index in [0.29, 0.717) is 5.69 Å². The largest absolute Gasteiger partial charge is 0.495 e. The van der Waals surface area contributed by atoms with E-state index in [0.717, 1.165) is 31.2 Å². The van der Waals surface area contributed by atoms with Crippen LogP contribution in [-0.4, -0.2) is 43.6 Å². The van der Waals surface area contributed by atoms with Gasteiger partial charge in [-0.2, -0.15) is 5.10 Å². The predicted octanol–water partition coefficient (Wildman–Crippen LogP) is 2.38. The van der Waals surface area contributed by atoms with Gasteiger partial charge in [0.1, 0.15) is 16.3 Å². The van der Waals surface area contributed by atoms with Crippen LogP contribution in [0.2, 0.25) is 0 Å². The molecule has 3 aromatic rings. The van der Waals surface area contributed by atoms with Crippen LogP contribution in [0.1, 0.15) is 46.5 Å². The number of nitrogens with zero attached hydrogens (tertiary/aromatic N) is 1. The van der Waals surface area contributed by atoms with Crippen LogP contribution in [0.5, 0.6) is 5.75 Å². The number of amides is 2. The van der Waals surface area contributed by atoms with Gasteiger partial charge in [-0.15, -0.1) is 0 Å². The standard InChI is InChI=1S/C23H25N5O5S/c1-33-20-12-11-16(13-21(20)34(31,32)28-17-9-5-6-10-17)22(29)26-27-23(30)19-14-18(24-25-19)15-7-3-2-4-8-15/h2-4,7-8,11-14,17,28H,5-6,9-10H2,1H3,(H,24,25)(H,26,29)(H,27,30). The molecule has 1 fully saturated rings. The molecule has 2 aromatic carbocycles. The van der Waals surface area contributed by atoms with Gasteiger partial charge in [0.15, 0.2) is 0 Å². The number of aromatic amines is 1. The molecule has 1 heterocycles. The molecule has 4 N–H and O–H groups in total. The number of hydrazine groups is 1.